The summed E-state index contributed by atoms with van der Waals surface area (Å²) in [7, 11) is 0. The van der Waals surface area contributed by atoms with Crippen LogP contribution in [0.15, 0.2) is 41.5 Å². The molecule has 12 heteroatoms. The summed E-state index contributed by atoms with van der Waals surface area (Å²) in [4.78, 5) is 31.7. The van der Waals surface area contributed by atoms with Gasteiger partial charge in [-0.2, -0.15) is 13.2 Å². The van der Waals surface area contributed by atoms with Crippen LogP contribution in [0.1, 0.15) is 36.0 Å². The van der Waals surface area contributed by atoms with Crippen molar-refractivity contribution in [3.63, 3.8) is 0 Å². The number of aliphatic carboxylic acids is 1. The van der Waals surface area contributed by atoms with E-state index in [-0.39, 0.29) is 11.5 Å². The lowest BCUT2D eigenvalue weighted by Gasteiger charge is -2.46. The second-order valence-corrected chi connectivity index (χ2v) is 7.55. The Labute approximate surface area is 181 Å². The molecule has 1 amide bonds. The van der Waals surface area contributed by atoms with E-state index in [1.54, 1.807) is 18.5 Å². The monoisotopic (exact) mass is 456 g/mol. The number of hydrogen-bond donors (Lipinski definition) is 2. The molecule has 1 unspecified atom stereocenters. The summed E-state index contributed by atoms with van der Waals surface area (Å²) in [5.74, 6) is -2.06. The van der Waals surface area contributed by atoms with Gasteiger partial charge in [-0.25, -0.2) is 14.8 Å². The highest BCUT2D eigenvalue weighted by Gasteiger charge is 2.41. The van der Waals surface area contributed by atoms with Crippen molar-refractivity contribution in [3.05, 3.63) is 42.6 Å². The number of carbonyl (C=O) groups excluding carboxylic acids is 1. The Balaban J connectivity index is 0.000000360. The highest BCUT2D eigenvalue weighted by Crippen LogP contribution is 2.36. The number of piperidine rings is 1. The van der Waals surface area contributed by atoms with Gasteiger partial charge in [-0.05, 0) is 37.8 Å². The summed E-state index contributed by atoms with van der Waals surface area (Å²) in [6.45, 7) is 2.14. The Kier molecular flexibility index (Phi) is 7.33. The Hall–Kier alpha value is -3.15. The largest absolute Gasteiger partial charge is 0.490 e. The average molecular weight is 456 g/mol. The molecule has 1 spiro atoms. The van der Waals surface area contributed by atoms with E-state index in [2.05, 4.69) is 15.3 Å². The van der Waals surface area contributed by atoms with E-state index in [0.717, 1.165) is 32.3 Å². The molecule has 4 rings (SSSR count). The molecule has 4 heterocycles. The normalized spacial score (nSPS) is 20.2. The topological polar surface area (TPSA) is 118 Å². The first kappa shape index (κ1) is 23.5. The van der Waals surface area contributed by atoms with E-state index in [9.17, 15) is 18.0 Å². The summed E-state index contributed by atoms with van der Waals surface area (Å²) in [5, 5.41) is 10.5. The van der Waals surface area contributed by atoms with Crippen LogP contribution in [0.25, 0.3) is 0 Å². The molecule has 0 bridgehead atoms. The first-order valence-electron chi connectivity index (χ1n) is 9.98. The Morgan fingerprint density at radius 1 is 1.22 bits per heavy atom. The molecule has 0 saturated carbocycles. The van der Waals surface area contributed by atoms with Crippen molar-refractivity contribution in [1.29, 1.82) is 0 Å². The zero-order chi connectivity index (χ0) is 23.2. The van der Waals surface area contributed by atoms with Crippen molar-refractivity contribution in [2.45, 2.75) is 43.5 Å². The number of likely N-dealkylation sites (tertiary alicyclic amines) is 1. The van der Waals surface area contributed by atoms with Crippen molar-refractivity contribution in [2.24, 2.45) is 0 Å². The third-order valence-corrected chi connectivity index (χ3v) is 5.36. The SMILES string of the molecule is O=C(O)C(F)(F)F.O=C(c1ccoc1)N1CCC2(CC1)CC(Nc1ncccn1)CCO2. The molecule has 32 heavy (non-hydrogen) atoms. The fourth-order valence-electron chi connectivity index (χ4n) is 3.74. The van der Waals surface area contributed by atoms with Gasteiger partial charge in [0.2, 0.25) is 5.95 Å². The van der Waals surface area contributed by atoms with Crippen LogP contribution in [-0.4, -0.2) is 69.4 Å². The number of carbonyl (C=O) groups is 2. The number of ether oxygens (including phenoxy) is 1. The number of alkyl halides is 3. The Bertz CT molecular complexity index is 884. The maximum absolute atomic E-state index is 12.4. The van der Waals surface area contributed by atoms with Gasteiger partial charge in [-0.1, -0.05) is 0 Å². The van der Waals surface area contributed by atoms with Crippen LogP contribution in [0.2, 0.25) is 0 Å². The molecule has 2 aliphatic rings. The van der Waals surface area contributed by atoms with Crippen molar-refractivity contribution < 1.29 is 37.0 Å². The summed E-state index contributed by atoms with van der Waals surface area (Å²) < 4.78 is 42.9. The number of aromatic nitrogens is 2. The molecule has 2 aromatic rings. The zero-order valence-corrected chi connectivity index (χ0v) is 17.0. The van der Waals surface area contributed by atoms with E-state index >= 15 is 0 Å². The number of nitrogens with one attached hydrogen (secondary N) is 1. The second-order valence-electron chi connectivity index (χ2n) is 7.55. The molecule has 0 aromatic carbocycles. The first-order valence-corrected chi connectivity index (χ1v) is 9.98. The molecule has 2 aromatic heterocycles. The molecular formula is C20H23F3N4O5. The summed E-state index contributed by atoms with van der Waals surface area (Å²) in [6.07, 6.45) is 4.99. The van der Waals surface area contributed by atoms with Gasteiger partial charge in [-0.15, -0.1) is 0 Å². The van der Waals surface area contributed by atoms with E-state index in [1.807, 2.05) is 11.0 Å². The van der Waals surface area contributed by atoms with Crippen LogP contribution in [0.4, 0.5) is 19.1 Å². The number of amides is 1. The number of carboxylic acid groups (broad SMARTS) is 1. The van der Waals surface area contributed by atoms with Crippen LogP contribution in [-0.2, 0) is 9.53 Å². The zero-order valence-electron chi connectivity index (χ0n) is 17.0. The fourth-order valence-corrected chi connectivity index (χ4v) is 3.74. The van der Waals surface area contributed by atoms with E-state index in [1.165, 1.54) is 12.5 Å². The molecule has 0 aliphatic carbocycles. The predicted molar refractivity (Wildman–Crippen MR) is 105 cm³/mol. The van der Waals surface area contributed by atoms with Gasteiger partial charge in [0.05, 0.1) is 17.4 Å². The Morgan fingerprint density at radius 2 is 1.88 bits per heavy atom. The number of nitrogens with zero attached hydrogens (tertiary/aromatic N) is 3. The standard InChI is InChI=1S/C18H22N4O3.C2HF3O2/c23-16(14-2-10-24-13-14)22-8-4-18(5-9-22)12-15(3-11-25-18)21-17-19-6-1-7-20-17;3-2(4,5)1(6)7/h1-2,6-7,10,13,15H,3-5,8-9,11-12H2,(H,19,20,21);(H,6,7). The van der Waals surface area contributed by atoms with Gasteiger partial charge in [0.1, 0.15) is 6.26 Å². The molecule has 2 aliphatic heterocycles. The summed E-state index contributed by atoms with van der Waals surface area (Å²) >= 11 is 0. The van der Waals surface area contributed by atoms with Crippen LogP contribution in [0, 0.1) is 0 Å². The maximum Gasteiger partial charge on any atom is 0.490 e. The van der Waals surface area contributed by atoms with Gasteiger partial charge in [0.25, 0.3) is 5.91 Å². The summed E-state index contributed by atoms with van der Waals surface area (Å²) in [6, 6.07) is 3.82. The van der Waals surface area contributed by atoms with Crippen LogP contribution >= 0.6 is 0 Å². The lowest BCUT2D eigenvalue weighted by molar-refractivity contribution is -0.192. The average Bonchev–Trinajstić information content (AvgIpc) is 3.29. The molecule has 174 valence electrons. The molecule has 2 N–H and O–H groups in total. The molecule has 2 saturated heterocycles. The van der Waals surface area contributed by atoms with Gasteiger partial charge in [0.15, 0.2) is 0 Å². The van der Waals surface area contributed by atoms with Gasteiger partial charge >= 0.3 is 12.1 Å². The lowest BCUT2D eigenvalue weighted by atomic mass is 9.82. The minimum absolute atomic E-state index is 0.0340. The number of anilines is 1. The molecule has 2 fully saturated rings. The number of hydrogen-bond acceptors (Lipinski definition) is 7. The quantitative estimate of drug-likeness (QED) is 0.724. The van der Waals surface area contributed by atoms with Crippen molar-refractivity contribution >= 4 is 17.8 Å². The highest BCUT2D eigenvalue weighted by atomic mass is 19.4. The van der Waals surface area contributed by atoms with E-state index < -0.39 is 12.1 Å². The lowest BCUT2D eigenvalue weighted by Crippen LogP contribution is -2.52. The van der Waals surface area contributed by atoms with Crippen molar-refractivity contribution in [1.82, 2.24) is 14.9 Å². The smallest absolute Gasteiger partial charge is 0.475 e. The first-order chi connectivity index (χ1) is 15.2. The molecule has 0 radical (unpaired) electrons. The molecular weight excluding hydrogens is 433 g/mol. The highest BCUT2D eigenvalue weighted by molar-refractivity contribution is 5.93. The van der Waals surface area contributed by atoms with Crippen LogP contribution < -0.4 is 5.32 Å². The van der Waals surface area contributed by atoms with Gasteiger partial charge < -0.3 is 24.5 Å². The summed E-state index contributed by atoms with van der Waals surface area (Å²) in [5.41, 5.74) is 0.457. The third kappa shape index (κ3) is 6.19. The second kappa shape index (κ2) is 9.98. The predicted octanol–water partition coefficient (Wildman–Crippen LogP) is 2.97. The van der Waals surface area contributed by atoms with Gasteiger partial charge in [0, 0.05) is 38.1 Å². The maximum atomic E-state index is 12.4. The number of carboxylic acids is 1. The fraction of sp³-hybridized carbons (Fsp3) is 0.500. The van der Waals surface area contributed by atoms with Crippen LogP contribution in [0.5, 0.6) is 0 Å². The number of halogens is 3. The molecule has 9 nitrogen and oxygen atoms in total. The number of furan rings is 1. The van der Waals surface area contributed by atoms with Crippen molar-refractivity contribution in [3.8, 4) is 0 Å². The van der Waals surface area contributed by atoms with Crippen molar-refractivity contribution in [2.75, 3.05) is 25.0 Å². The molecule has 1 atom stereocenters. The van der Waals surface area contributed by atoms with Gasteiger partial charge in [-0.3, -0.25) is 4.79 Å². The third-order valence-electron chi connectivity index (χ3n) is 5.36. The number of rotatable bonds is 3. The van der Waals surface area contributed by atoms with E-state index in [4.69, 9.17) is 19.1 Å². The van der Waals surface area contributed by atoms with E-state index in [0.29, 0.717) is 30.6 Å². The minimum atomic E-state index is -5.08. The van der Waals surface area contributed by atoms with Crippen LogP contribution in [0.3, 0.4) is 0 Å². The Morgan fingerprint density at radius 3 is 2.44 bits per heavy atom. The minimum Gasteiger partial charge on any atom is -0.475 e.